The minimum absolute atomic E-state index is 0.227. The van der Waals surface area contributed by atoms with Crippen molar-refractivity contribution in [1.29, 1.82) is 0 Å². The van der Waals surface area contributed by atoms with E-state index in [0.717, 1.165) is 0 Å². The first-order valence-electron chi connectivity index (χ1n) is 7.03. The van der Waals surface area contributed by atoms with Gasteiger partial charge in [-0.1, -0.05) is 52.3 Å². The van der Waals surface area contributed by atoms with Crippen LogP contribution in [0.3, 0.4) is 0 Å². The molecule has 0 bridgehead atoms. The van der Waals surface area contributed by atoms with Crippen molar-refractivity contribution in [3.8, 4) is 0 Å². The molecule has 0 amide bonds. The zero-order valence-corrected chi connectivity index (χ0v) is 13.9. The summed E-state index contributed by atoms with van der Waals surface area (Å²) in [7, 11) is 1.30. The summed E-state index contributed by atoms with van der Waals surface area (Å²) in [4.78, 5) is 37.3. The first-order valence-corrected chi connectivity index (χ1v) is 8.15. The van der Waals surface area contributed by atoms with Crippen LogP contribution in [0.15, 0.2) is 42.5 Å². The summed E-state index contributed by atoms with van der Waals surface area (Å²) < 4.78 is 4.78. The molecule has 0 atom stereocenters. The van der Waals surface area contributed by atoms with Gasteiger partial charge in [0.05, 0.1) is 12.7 Å². The number of carbonyl (C=O) groups is 3. The van der Waals surface area contributed by atoms with Gasteiger partial charge in [-0.05, 0) is 17.2 Å². The van der Waals surface area contributed by atoms with E-state index in [1.165, 1.54) is 7.11 Å². The molecule has 0 heterocycles. The lowest BCUT2D eigenvalue weighted by Gasteiger charge is -2.15. The monoisotopic (exact) mass is 372 g/mol. The fourth-order valence-electron chi connectivity index (χ4n) is 2.95. The van der Waals surface area contributed by atoms with E-state index in [4.69, 9.17) is 4.74 Å². The molecule has 1 aliphatic rings. The summed E-state index contributed by atoms with van der Waals surface area (Å²) in [6.07, 6.45) is 0. The number of fused-ring (bicyclic) bond motifs is 1. The van der Waals surface area contributed by atoms with Gasteiger partial charge in [0, 0.05) is 16.5 Å². The smallest absolute Gasteiger partial charge is 0.338 e. The SMILES string of the molecule is COC(=O)c1cccc(C2C(=O)c3ccccc3C2=O)c1CBr. The zero-order valence-electron chi connectivity index (χ0n) is 12.3. The summed E-state index contributed by atoms with van der Waals surface area (Å²) in [5, 5.41) is 0.348. The quantitative estimate of drug-likeness (QED) is 0.469. The maximum atomic E-state index is 12.7. The molecule has 4 nitrogen and oxygen atoms in total. The molecular weight excluding hydrogens is 360 g/mol. The molecule has 0 N–H and O–H groups in total. The second-order valence-electron chi connectivity index (χ2n) is 5.21. The highest BCUT2D eigenvalue weighted by Crippen LogP contribution is 2.37. The van der Waals surface area contributed by atoms with Crippen molar-refractivity contribution in [2.75, 3.05) is 7.11 Å². The van der Waals surface area contributed by atoms with Gasteiger partial charge in [-0.2, -0.15) is 0 Å². The van der Waals surface area contributed by atoms with E-state index >= 15 is 0 Å². The number of rotatable bonds is 3. The molecule has 1 aliphatic carbocycles. The Morgan fingerprint density at radius 3 is 2.17 bits per heavy atom. The maximum Gasteiger partial charge on any atom is 0.338 e. The standard InChI is InChI=1S/C18H13BrO4/c1-23-18(22)13-8-4-7-10(14(13)9-19)15-16(20)11-5-2-3-6-12(11)17(15)21/h2-8,15H,9H2,1H3. The number of carbonyl (C=O) groups excluding carboxylic acids is 3. The van der Waals surface area contributed by atoms with Crippen LogP contribution >= 0.6 is 15.9 Å². The number of benzene rings is 2. The molecule has 3 rings (SSSR count). The largest absolute Gasteiger partial charge is 0.465 e. The minimum Gasteiger partial charge on any atom is -0.465 e. The van der Waals surface area contributed by atoms with Crippen LogP contribution in [0.4, 0.5) is 0 Å². The first kappa shape index (κ1) is 15.6. The summed E-state index contributed by atoms with van der Waals surface area (Å²) in [5.74, 6) is -1.84. The Morgan fingerprint density at radius 1 is 1.04 bits per heavy atom. The Hall–Kier alpha value is -2.27. The van der Waals surface area contributed by atoms with Gasteiger partial charge >= 0.3 is 5.97 Å². The van der Waals surface area contributed by atoms with Crippen LogP contribution < -0.4 is 0 Å². The Bertz CT molecular complexity index is 791. The summed E-state index contributed by atoms with van der Waals surface area (Å²) in [5.41, 5.74) is 2.39. The predicted molar refractivity (Wildman–Crippen MR) is 88.3 cm³/mol. The Balaban J connectivity index is 2.16. The lowest BCUT2D eigenvalue weighted by Crippen LogP contribution is -2.17. The summed E-state index contributed by atoms with van der Waals surface area (Å²) >= 11 is 3.35. The van der Waals surface area contributed by atoms with E-state index in [-0.39, 0.29) is 11.6 Å². The average Bonchev–Trinajstić information content (AvgIpc) is 2.85. The second-order valence-corrected chi connectivity index (χ2v) is 5.77. The third-order valence-corrected chi connectivity index (χ3v) is 4.61. The number of esters is 1. The molecule has 2 aromatic carbocycles. The Labute approximate surface area is 141 Å². The fraction of sp³-hybridized carbons (Fsp3) is 0.167. The first-order chi connectivity index (χ1) is 11.1. The number of Topliss-reactive ketones (excluding diaryl/α,β-unsaturated/α-hetero) is 2. The highest BCUT2D eigenvalue weighted by molar-refractivity contribution is 9.08. The lowest BCUT2D eigenvalue weighted by molar-refractivity contribution is 0.0598. The topological polar surface area (TPSA) is 60.4 Å². The molecule has 116 valence electrons. The van der Waals surface area contributed by atoms with Crippen molar-refractivity contribution >= 4 is 33.5 Å². The van der Waals surface area contributed by atoms with Crippen LogP contribution in [0.2, 0.25) is 0 Å². The maximum absolute atomic E-state index is 12.7. The number of hydrogen-bond acceptors (Lipinski definition) is 4. The molecule has 23 heavy (non-hydrogen) atoms. The minimum atomic E-state index is -0.899. The highest BCUT2D eigenvalue weighted by Gasteiger charge is 2.40. The van der Waals surface area contributed by atoms with Gasteiger partial charge in [-0.3, -0.25) is 9.59 Å². The molecule has 2 aromatic rings. The number of methoxy groups -OCH3 is 1. The Morgan fingerprint density at radius 2 is 1.65 bits per heavy atom. The van der Waals surface area contributed by atoms with E-state index in [1.54, 1.807) is 42.5 Å². The molecule has 0 aromatic heterocycles. The number of hydrogen-bond donors (Lipinski definition) is 0. The van der Waals surface area contributed by atoms with E-state index in [0.29, 0.717) is 33.1 Å². The summed E-state index contributed by atoms with van der Waals surface area (Å²) in [6, 6.07) is 11.8. The predicted octanol–water partition coefficient (Wildman–Crippen LogP) is 3.53. The van der Waals surface area contributed by atoms with Crippen LogP contribution in [-0.4, -0.2) is 24.6 Å². The molecule has 0 saturated heterocycles. The molecule has 0 fully saturated rings. The van der Waals surface area contributed by atoms with Crippen molar-refractivity contribution < 1.29 is 19.1 Å². The Kier molecular flexibility index (Phi) is 4.13. The lowest BCUT2D eigenvalue weighted by atomic mass is 9.88. The van der Waals surface area contributed by atoms with Crippen molar-refractivity contribution in [3.63, 3.8) is 0 Å². The van der Waals surface area contributed by atoms with Crippen molar-refractivity contribution in [2.45, 2.75) is 11.2 Å². The summed E-state index contributed by atoms with van der Waals surface area (Å²) in [6.45, 7) is 0. The molecular formula is C18H13BrO4. The van der Waals surface area contributed by atoms with Crippen LogP contribution in [-0.2, 0) is 10.1 Å². The third-order valence-electron chi connectivity index (χ3n) is 4.04. The average molecular weight is 373 g/mol. The molecule has 5 heteroatoms. The number of alkyl halides is 1. The number of halogens is 1. The van der Waals surface area contributed by atoms with Gasteiger partial charge in [-0.25, -0.2) is 4.79 Å². The van der Waals surface area contributed by atoms with Gasteiger partial charge in [0.2, 0.25) is 0 Å². The van der Waals surface area contributed by atoms with Gasteiger partial charge in [0.25, 0.3) is 0 Å². The van der Waals surface area contributed by atoms with Gasteiger partial charge in [0.1, 0.15) is 5.92 Å². The molecule has 0 saturated carbocycles. The molecule has 0 unspecified atom stereocenters. The van der Waals surface area contributed by atoms with E-state index < -0.39 is 11.9 Å². The van der Waals surface area contributed by atoms with E-state index in [9.17, 15) is 14.4 Å². The van der Waals surface area contributed by atoms with Gasteiger partial charge < -0.3 is 4.74 Å². The van der Waals surface area contributed by atoms with Crippen LogP contribution in [0.1, 0.15) is 48.1 Å². The van der Waals surface area contributed by atoms with E-state index in [2.05, 4.69) is 15.9 Å². The third kappa shape index (κ3) is 2.41. The van der Waals surface area contributed by atoms with Crippen molar-refractivity contribution in [2.24, 2.45) is 0 Å². The van der Waals surface area contributed by atoms with Crippen LogP contribution in [0.5, 0.6) is 0 Å². The van der Waals surface area contributed by atoms with Gasteiger partial charge in [0.15, 0.2) is 11.6 Å². The second kappa shape index (κ2) is 6.08. The fourth-order valence-corrected chi connectivity index (χ4v) is 3.58. The highest BCUT2D eigenvalue weighted by atomic mass is 79.9. The van der Waals surface area contributed by atoms with Crippen LogP contribution in [0, 0.1) is 0 Å². The van der Waals surface area contributed by atoms with E-state index in [1.807, 2.05) is 0 Å². The van der Waals surface area contributed by atoms with Crippen LogP contribution in [0.25, 0.3) is 0 Å². The molecule has 0 spiro atoms. The number of ether oxygens (including phenoxy) is 1. The van der Waals surface area contributed by atoms with Gasteiger partial charge in [-0.15, -0.1) is 0 Å². The molecule has 0 aliphatic heterocycles. The normalized spacial score (nSPS) is 14.0. The number of ketones is 2. The van der Waals surface area contributed by atoms with Crippen molar-refractivity contribution in [1.82, 2.24) is 0 Å². The zero-order chi connectivity index (χ0) is 16.6. The van der Waals surface area contributed by atoms with Crippen molar-refractivity contribution in [3.05, 3.63) is 70.3 Å². The molecule has 0 radical (unpaired) electrons.